The van der Waals surface area contributed by atoms with Gasteiger partial charge in [0.15, 0.2) is 0 Å². The number of amides is 2. The molecule has 4 heterocycles. The summed E-state index contributed by atoms with van der Waals surface area (Å²) in [6, 6.07) is 10.7. The zero-order valence-corrected chi connectivity index (χ0v) is 24.5. The van der Waals surface area contributed by atoms with E-state index >= 15 is 0 Å². The van der Waals surface area contributed by atoms with Gasteiger partial charge in [-0.15, -0.1) is 0 Å². The summed E-state index contributed by atoms with van der Waals surface area (Å²) in [6.07, 6.45) is 11.4. The van der Waals surface area contributed by atoms with Crippen LogP contribution in [0.15, 0.2) is 30.3 Å². The van der Waals surface area contributed by atoms with Gasteiger partial charge in [0.25, 0.3) is 5.91 Å². The Morgan fingerprint density at radius 3 is 2.17 bits per heavy atom. The van der Waals surface area contributed by atoms with E-state index in [4.69, 9.17) is 4.98 Å². The number of carbonyl (C=O) groups excluding carboxylic acids is 2. The molecule has 0 N–H and O–H groups in total. The molecule has 5 rings (SSSR count). The Hall–Kier alpha value is -3.00. The highest BCUT2D eigenvalue weighted by Crippen LogP contribution is 2.28. The number of likely N-dealkylation sites (tertiary alicyclic amines) is 1. The lowest BCUT2D eigenvalue weighted by atomic mass is 10.0. The van der Waals surface area contributed by atoms with Gasteiger partial charge >= 0.3 is 0 Å². The third-order valence-corrected chi connectivity index (χ3v) is 8.83. The molecule has 216 valence electrons. The first-order valence-electron chi connectivity index (χ1n) is 15.5. The van der Waals surface area contributed by atoms with Crippen molar-refractivity contribution in [3.05, 3.63) is 47.3 Å². The number of piperidine rings is 1. The maximum absolute atomic E-state index is 13.5. The summed E-state index contributed by atoms with van der Waals surface area (Å²) >= 11 is 0. The van der Waals surface area contributed by atoms with Crippen LogP contribution in [0.25, 0.3) is 0 Å². The van der Waals surface area contributed by atoms with Gasteiger partial charge in [-0.2, -0.15) is 0 Å². The lowest BCUT2D eigenvalue weighted by Crippen LogP contribution is -2.47. The average Bonchev–Trinajstić information content (AvgIpc) is 3.51. The number of hydrogen-bond donors (Lipinski definition) is 0. The third-order valence-electron chi connectivity index (χ3n) is 8.83. The monoisotopic (exact) mass is 546 g/mol. The van der Waals surface area contributed by atoms with Crippen LogP contribution < -0.4 is 9.80 Å². The smallest absolute Gasteiger partial charge is 0.272 e. The van der Waals surface area contributed by atoms with Crippen LogP contribution in [-0.2, 0) is 11.3 Å². The first kappa shape index (κ1) is 28.5. The van der Waals surface area contributed by atoms with Crippen molar-refractivity contribution in [2.24, 2.45) is 0 Å². The van der Waals surface area contributed by atoms with Crippen molar-refractivity contribution in [2.75, 3.05) is 49.1 Å². The van der Waals surface area contributed by atoms with Crippen LogP contribution in [0.4, 0.5) is 11.6 Å². The molecule has 0 aliphatic carbocycles. The number of aromatic nitrogens is 2. The second kappa shape index (κ2) is 13.6. The zero-order valence-electron chi connectivity index (χ0n) is 24.5. The Kier molecular flexibility index (Phi) is 9.68. The summed E-state index contributed by atoms with van der Waals surface area (Å²) < 4.78 is 0. The van der Waals surface area contributed by atoms with E-state index in [0.717, 1.165) is 89.3 Å². The van der Waals surface area contributed by atoms with Crippen LogP contribution in [0, 0.1) is 6.92 Å². The number of hydrogen-bond acceptors (Lipinski definition) is 6. The summed E-state index contributed by atoms with van der Waals surface area (Å²) in [7, 11) is 0. The highest BCUT2D eigenvalue weighted by molar-refractivity contribution is 5.93. The minimum Gasteiger partial charge on any atom is -0.341 e. The van der Waals surface area contributed by atoms with E-state index in [1.807, 2.05) is 28.9 Å². The molecule has 2 saturated heterocycles. The second-order valence-corrected chi connectivity index (χ2v) is 11.8. The molecule has 0 saturated carbocycles. The fourth-order valence-corrected chi connectivity index (χ4v) is 6.57. The molecule has 0 radical (unpaired) electrons. The van der Waals surface area contributed by atoms with Gasteiger partial charge < -0.3 is 14.7 Å². The van der Waals surface area contributed by atoms with Gasteiger partial charge in [-0.25, -0.2) is 9.97 Å². The van der Waals surface area contributed by atoms with Gasteiger partial charge in [0, 0.05) is 63.6 Å². The fourth-order valence-electron chi connectivity index (χ4n) is 6.57. The van der Waals surface area contributed by atoms with Gasteiger partial charge in [-0.1, -0.05) is 43.9 Å². The molecule has 1 aromatic carbocycles. The Morgan fingerprint density at radius 1 is 0.800 bits per heavy atom. The number of fused-ring (bicyclic) bond motifs is 1. The Balaban J connectivity index is 1.28. The zero-order chi connectivity index (χ0) is 27.9. The lowest BCUT2D eigenvalue weighted by molar-refractivity contribution is -0.116. The topological polar surface area (TPSA) is 72.9 Å². The molecule has 3 aliphatic heterocycles. The second-order valence-electron chi connectivity index (χ2n) is 11.8. The average molecular weight is 547 g/mol. The number of aryl methyl sites for hydroxylation is 1. The van der Waals surface area contributed by atoms with Gasteiger partial charge in [-0.3, -0.25) is 14.5 Å². The Labute approximate surface area is 239 Å². The molecule has 8 nitrogen and oxygen atoms in total. The number of anilines is 2. The first-order chi connectivity index (χ1) is 19.5. The number of para-hydroxylation sites is 1. The minimum absolute atomic E-state index is 0.0248. The van der Waals surface area contributed by atoms with Crippen LogP contribution in [0.1, 0.15) is 92.9 Å². The van der Waals surface area contributed by atoms with E-state index in [9.17, 15) is 9.59 Å². The van der Waals surface area contributed by atoms with E-state index in [2.05, 4.69) is 33.0 Å². The number of carbonyl (C=O) groups is 2. The van der Waals surface area contributed by atoms with Crippen LogP contribution in [0.3, 0.4) is 0 Å². The van der Waals surface area contributed by atoms with Gasteiger partial charge in [0.2, 0.25) is 11.9 Å². The summed E-state index contributed by atoms with van der Waals surface area (Å²) in [4.78, 5) is 44.2. The summed E-state index contributed by atoms with van der Waals surface area (Å²) in [5.74, 6) is 0.842. The summed E-state index contributed by atoms with van der Waals surface area (Å²) in [5, 5.41) is 0. The van der Waals surface area contributed by atoms with Crippen molar-refractivity contribution >= 4 is 23.5 Å². The summed E-state index contributed by atoms with van der Waals surface area (Å²) in [6.45, 7) is 9.72. The van der Waals surface area contributed by atoms with Crippen molar-refractivity contribution in [1.82, 2.24) is 19.8 Å². The number of benzene rings is 1. The lowest BCUT2D eigenvalue weighted by Gasteiger charge is -2.39. The fraction of sp³-hybridized carbons (Fsp3) is 0.625. The standard InChI is InChI=1S/C32H46N6O2/c1-25-23-29(34-32(33-25)36-17-11-12-18-36)31(40)35-21-15-28(16-22-35)37-19-9-5-3-4-6-10-20-38(26(2)39)30-14-8-7-13-27(30)24-37/h7-8,13-14,23,28H,3-6,9-12,15-22,24H2,1-2H3. The van der Waals surface area contributed by atoms with E-state index in [0.29, 0.717) is 17.7 Å². The summed E-state index contributed by atoms with van der Waals surface area (Å²) in [5.41, 5.74) is 3.65. The molecular formula is C32H46N6O2. The predicted molar refractivity (Wildman–Crippen MR) is 160 cm³/mol. The van der Waals surface area contributed by atoms with Gasteiger partial charge in [-0.05, 0) is 69.7 Å². The van der Waals surface area contributed by atoms with Crippen LogP contribution in [-0.4, -0.2) is 76.9 Å². The maximum atomic E-state index is 13.5. The highest BCUT2D eigenvalue weighted by Gasteiger charge is 2.29. The normalized spacial score (nSPS) is 20.4. The first-order valence-corrected chi connectivity index (χ1v) is 15.5. The van der Waals surface area contributed by atoms with E-state index in [-0.39, 0.29) is 11.8 Å². The van der Waals surface area contributed by atoms with E-state index in [1.54, 1.807) is 6.92 Å². The molecule has 3 aliphatic rings. The number of nitrogens with zero attached hydrogens (tertiary/aromatic N) is 6. The number of rotatable bonds is 3. The molecule has 1 aromatic heterocycles. The van der Waals surface area contributed by atoms with Gasteiger partial charge in [0.1, 0.15) is 5.69 Å². The maximum Gasteiger partial charge on any atom is 0.272 e. The highest BCUT2D eigenvalue weighted by atomic mass is 16.2. The SMILES string of the molecule is CC(=O)N1CCCCCCCCN(C2CCN(C(=O)c3cc(C)nc(N4CCCC4)n3)CC2)Cc2ccccc21. The van der Waals surface area contributed by atoms with Crippen molar-refractivity contribution in [1.29, 1.82) is 0 Å². The van der Waals surface area contributed by atoms with E-state index < -0.39 is 0 Å². The quantitative estimate of drug-likeness (QED) is 0.527. The molecular weight excluding hydrogens is 500 g/mol. The minimum atomic E-state index is 0.0248. The molecule has 2 aromatic rings. The molecule has 0 bridgehead atoms. The molecule has 0 unspecified atom stereocenters. The molecule has 40 heavy (non-hydrogen) atoms. The van der Waals surface area contributed by atoms with Crippen LogP contribution in [0.2, 0.25) is 0 Å². The van der Waals surface area contributed by atoms with Crippen molar-refractivity contribution in [3.8, 4) is 0 Å². The Morgan fingerprint density at radius 2 is 1.45 bits per heavy atom. The molecule has 8 heteroatoms. The van der Waals surface area contributed by atoms with Crippen molar-refractivity contribution in [2.45, 2.75) is 90.6 Å². The van der Waals surface area contributed by atoms with Crippen molar-refractivity contribution in [3.63, 3.8) is 0 Å². The largest absolute Gasteiger partial charge is 0.341 e. The van der Waals surface area contributed by atoms with Gasteiger partial charge in [0.05, 0.1) is 0 Å². The van der Waals surface area contributed by atoms with Crippen LogP contribution in [0.5, 0.6) is 0 Å². The molecule has 0 spiro atoms. The predicted octanol–water partition coefficient (Wildman–Crippen LogP) is 5.20. The van der Waals surface area contributed by atoms with E-state index in [1.165, 1.54) is 37.7 Å². The van der Waals surface area contributed by atoms with Crippen LogP contribution >= 0.6 is 0 Å². The molecule has 2 fully saturated rings. The molecule has 0 atom stereocenters. The Bertz CT molecular complexity index is 1160. The van der Waals surface area contributed by atoms with Crippen molar-refractivity contribution < 1.29 is 9.59 Å². The third kappa shape index (κ3) is 7.00. The molecule has 2 amide bonds.